The van der Waals surface area contributed by atoms with Gasteiger partial charge in [-0.1, -0.05) is 23.7 Å². The zero-order chi connectivity index (χ0) is 20.0. The minimum atomic E-state index is -4.26. The highest BCUT2D eigenvalue weighted by Gasteiger charge is 2.24. The van der Waals surface area contributed by atoms with E-state index in [0.717, 1.165) is 0 Å². The normalized spacial score (nSPS) is 11.1. The maximum atomic E-state index is 12.6. The molecule has 0 aliphatic carbocycles. The molecule has 0 saturated heterocycles. The Kier molecular flexibility index (Phi) is 6.94. The number of carbonyl (C=O) groups excluding carboxylic acids is 1. The lowest BCUT2D eigenvalue weighted by molar-refractivity contribution is 0.256. The fourth-order valence-corrected chi connectivity index (χ4v) is 4.06. The summed E-state index contributed by atoms with van der Waals surface area (Å²) in [6.45, 7) is 1.56. The summed E-state index contributed by atoms with van der Waals surface area (Å²) in [6, 6.07) is 5.08. The van der Waals surface area contributed by atoms with E-state index in [0.29, 0.717) is 17.7 Å². The predicted octanol–water partition coefficient (Wildman–Crippen LogP) is 1.88. The van der Waals surface area contributed by atoms with Crippen LogP contribution >= 0.6 is 11.6 Å². The van der Waals surface area contributed by atoms with Crippen LogP contribution in [0.1, 0.15) is 17.7 Å². The molecular formula is C16H19ClN4O5S. The highest BCUT2D eigenvalue weighted by atomic mass is 35.5. The third-order valence-electron chi connectivity index (χ3n) is 3.41. The topological polar surface area (TPSA) is 131 Å². The van der Waals surface area contributed by atoms with Crippen molar-refractivity contribution in [1.82, 2.24) is 14.7 Å². The largest absolute Gasteiger partial charge is 0.481 e. The van der Waals surface area contributed by atoms with Crippen LogP contribution in [0.15, 0.2) is 29.2 Å². The monoisotopic (exact) mass is 414 g/mol. The quantitative estimate of drug-likeness (QED) is 0.630. The summed E-state index contributed by atoms with van der Waals surface area (Å²) < 4.78 is 32.2. The standard InChI is InChI=1S/C16H19ClN4O5S/c1-10-9-13(26-2)19-15(18-10)20-16(23)21-27(24,25)14-11(6-4-8-22)5-3-7-12(14)17/h3,5,7,9,22H,4,6,8H2,1-2H3,(H2,18,19,20,21,23). The van der Waals surface area contributed by atoms with E-state index in [1.807, 2.05) is 4.72 Å². The number of anilines is 1. The molecule has 146 valence electrons. The number of aliphatic hydroxyl groups is 1. The predicted molar refractivity (Wildman–Crippen MR) is 99.5 cm³/mol. The Hall–Kier alpha value is -2.43. The first-order chi connectivity index (χ1) is 12.8. The van der Waals surface area contributed by atoms with Crippen molar-refractivity contribution in [3.63, 3.8) is 0 Å². The molecule has 9 nitrogen and oxygen atoms in total. The lowest BCUT2D eigenvalue weighted by Crippen LogP contribution is -2.35. The van der Waals surface area contributed by atoms with Crippen LogP contribution < -0.4 is 14.8 Å². The summed E-state index contributed by atoms with van der Waals surface area (Å²) in [5.41, 5.74) is 0.919. The van der Waals surface area contributed by atoms with E-state index in [2.05, 4.69) is 15.3 Å². The number of aryl methyl sites for hydroxylation is 2. The lowest BCUT2D eigenvalue weighted by atomic mass is 10.1. The Bertz CT molecular complexity index is 936. The fourth-order valence-electron chi connectivity index (χ4n) is 2.32. The molecule has 0 saturated carbocycles. The molecule has 0 aliphatic heterocycles. The van der Waals surface area contributed by atoms with Crippen molar-refractivity contribution in [2.75, 3.05) is 19.0 Å². The second-order valence-electron chi connectivity index (χ2n) is 5.49. The fraction of sp³-hybridized carbons (Fsp3) is 0.312. The van der Waals surface area contributed by atoms with Gasteiger partial charge in [-0.05, 0) is 31.4 Å². The summed E-state index contributed by atoms with van der Waals surface area (Å²) in [4.78, 5) is 19.8. The zero-order valence-electron chi connectivity index (χ0n) is 14.7. The molecule has 0 aliphatic rings. The van der Waals surface area contributed by atoms with Crippen molar-refractivity contribution < 1.29 is 23.1 Å². The number of rotatable bonds is 7. The van der Waals surface area contributed by atoms with Crippen molar-refractivity contribution in [3.8, 4) is 5.88 Å². The molecule has 1 heterocycles. The van der Waals surface area contributed by atoms with E-state index in [4.69, 9.17) is 21.4 Å². The number of urea groups is 1. The van der Waals surface area contributed by atoms with Gasteiger partial charge in [0.05, 0.1) is 12.1 Å². The minimum Gasteiger partial charge on any atom is -0.481 e. The SMILES string of the molecule is COc1cc(C)nc(NC(=O)NS(=O)(=O)c2c(Cl)cccc2CCCO)n1. The second-order valence-corrected chi connectivity index (χ2v) is 7.52. The first-order valence-electron chi connectivity index (χ1n) is 7.88. The van der Waals surface area contributed by atoms with Crippen LogP contribution in [0, 0.1) is 6.92 Å². The summed E-state index contributed by atoms with van der Waals surface area (Å²) >= 11 is 6.04. The molecule has 0 unspecified atom stereocenters. The van der Waals surface area contributed by atoms with Gasteiger partial charge in [0.25, 0.3) is 10.0 Å². The number of methoxy groups -OCH3 is 1. The molecule has 0 atom stereocenters. The van der Waals surface area contributed by atoms with Crippen LogP contribution in [0.4, 0.5) is 10.7 Å². The van der Waals surface area contributed by atoms with Gasteiger partial charge < -0.3 is 9.84 Å². The maximum absolute atomic E-state index is 12.6. The zero-order valence-corrected chi connectivity index (χ0v) is 16.3. The molecule has 0 spiro atoms. The van der Waals surface area contributed by atoms with Gasteiger partial charge in [-0.25, -0.2) is 22.9 Å². The number of sulfonamides is 1. The molecule has 0 fully saturated rings. The molecular weight excluding hydrogens is 396 g/mol. The van der Waals surface area contributed by atoms with Gasteiger partial charge in [0.1, 0.15) is 4.90 Å². The smallest absolute Gasteiger partial charge is 0.335 e. The molecule has 27 heavy (non-hydrogen) atoms. The third-order valence-corrected chi connectivity index (χ3v) is 5.31. The van der Waals surface area contributed by atoms with Crippen LogP contribution in [0.3, 0.4) is 0 Å². The van der Waals surface area contributed by atoms with Crippen LogP contribution in [0.25, 0.3) is 0 Å². The van der Waals surface area contributed by atoms with Crippen molar-refractivity contribution in [2.45, 2.75) is 24.7 Å². The number of hydrogen-bond donors (Lipinski definition) is 3. The van der Waals surface area contributed by atoms with Crippen LogP contribution in [0.2, 0.25) is 5.02 Å². The van der Waals surface area contributed by atoms with Gasteiger partial charge in [0.15, 0.2) is 0 Å². The van der Waals surface area contributed by atoms with E-state index in [-0.39, 0.29) is 34.8 Å². The Labute approximate surface area is 161 Å². The summed E-state index contributed by atoms with van der Waals surface area (Å²) in [5.74, 6) is 0.109. The van der Waals surface area contributed by atoms with Crippen molar-refractivity contribution >= 4 is 33.6 Å². The molecule has 0 bridgehead atoms. The Morgan fingerprint density at radius 2 is 2.07 bits per heavy atom. The molecule has 3 N–H and O–H groups in total. The van der Waals surface area contributed by atoms with Crippen LogP contribution in [-0.4, -0.2) is 43.2 Å². The van der Waals surface area contributed by atoms with Crippen molar-refractivity contribution in [1.29, 1.82) is 0 Å². The van der Waals surface area contributed by atoms with Gasteiger partial charge in [0.2, 0.25) is 11.8 Å². The number of amides is 2. The van der Waals surface area contributed by atoms with Gasteiger partial charge in [0, 0.05) is 18.4 Å². The number of hydrogen-bond acceptors (Lipinski definition) is 7. The maximum Gasteiger partial charge on any atom is 0.335 e. The van der Waals surface area contributed by atoms with Gasteiger partial charge in [-0.3, -0.25) is 5.32 Å². The van der Waals surface area contributed by atoms with Crippen molar-refractivity contribution in [2.24, 2.45) is 0 Å². The number of nitrogens with zero attached hydrogens (tertiary/aromatic N) is 2. The summed E-state index contributed by atoms with van der Waals surface area (Å²) in [6.07, 6.45) is 0.638. The highest BCUT2D eigenvalue weighted by Crippen LogP contribution is 2.26. The van der Waals surface area contributed by atoms with E-state index in [1.165, 1.54) is 13.2 Å². The van der Waals surface area contributed by atoms with Gasteiger partial charge in [-0.2, -0.15) is 4.98 Å². The third kappa shape index (κ3) is 5.52. The number of ether oxygens (including phenoxy) is 1. The Morgan fingerprint density at radius 1 is 1.33 bits per heavy atom. The number of aromatic nitrogens is 2. The first kappa shape index (κ1) is 20.9. The van der Waals surface area contributed by atoms with E-state index >= 15 is 0 Å². The summed E-state index contributed by atoms with van der Waals surface area (Å²) in [7, 11) is -2.86. The highest BCUT2D eigenvalue weighted by molar-refractivity contribution is 7.90. The Morgan fingerprint density at radius 3 is 2.74 bits per heavy atom. The molecule has 1 aromatic heterocycles. The molecule has 1 aromatic carbocycles. The average Bonchev–Trinajstić information content (AvgIpc) is 2.58. The minimum absolute atomic E-state index is 0.0285. The van der Waals surface area contributed by atoms with Crippen LogP contribution in [-0.2, 0) is 16.4 Å². The molecule has 2 aromatic rings. The summed E-state index contributed by atoms with van der Waals surface area (Å²) in [5, 5.41) is 11.2. The van der Waals surface area contributed by atoms with E-state index in [1.54, 1.807) is 25.1 Å². The van der Waals surface area contributed by atoms with Gasteiger partial charge >= 0.3 is 6.03 Å². The number of nitrogens with one attached hydrogen (secondary N) is 2. The van der Waals surface area contributed by atoms with Gasteiger partial charge in [-0.15, -0.1) is 0 Å². The van der Waals surface area contributed by atoms with E-state index in [9.17, 15) is 13.2 Å². The Balaban J connectivity index is 2.24. The first-order valence-corrected chi connectivity index (χ1v) is 9.74. The lowest BCUT2D eigenvalue weighted by Gasteiger charge is -2.13. The molecule has 2 amide bonds. The number of benzene rings is 1. The van der Waals surface area contributed by atoms with Crippen LogP contribution in [0.5, 0.6) is 5.88 Å². The van der Waals surface area contributed by atoms with E-state index < -0.39 is 16.1 Å². The molecule has 2 rings (SSSR count). The second kappa shape index (κ2) is 8.98. The molecule has 11 heteroatoms. The molecule has 0 radical (unpaired) electrons. The average molecular weight is 415 g/mol. The number of aliphatic hydroxyl groups excluding tert-OH is 1. The number of halogens is 1. The number of carbonyl (C=O) groups is 1. The van der Waals surface area contributed by atoms with Crippen molar-refractivity contribution in [3.05, 3.63) is 40.5 Å².